The highest BCUT2D eigenvalue weighted by molar-refractivity contribution is 7.86. The lowest BCUT2D eigenvalue weighted by Crippen LogP contribution is -2.22. The molecule has 0 spiro atoms. The van der Waals surface area contributed by atoms with E-state index in [-0.39, 0.29) is 16.4 Å². The van der Waals surface area contributed by atoms with Crippen molar-refractivity contribution in [2.75, 3.05) is 18.0 Å². The first-order chi connectivity index (χ1) is 11.3. The molecule has 2 aromatic rings. The molecule has 7 nitrogen and oxygen atoms in total. The molecule has 1 aromatic carbocycles. The average Bonchev–Trinajstić information content (AvgIpc) is 2.55. The number of benzene rings is 1. The Morgan fingerprint density at radius 3 is 2.42 bits per heavy atom. The highest BCUT2D eigenvalue weighted by atomic mass is 35.5. The second-order valence-electron chi connectivity index (χ2n) is 4.83. The van der Waals surface area contributed by atoms with Crippen molar-refractivity contribution in [1.82, 2.24) is 4.98 Å². The van der Waals surface area contributed by atoms with E-state index in [0.717, 1.165) is 0 Å². The minimum absolute atomic E-state index is 0.0326. The van der Waals surface area contributed by atoms with Gasteiger partial charge in [0, 0.05) is 25.0 Å². The topological polar surface area (TPSA) is 95.2 Å². The minimum atomic E-state index is -4.44. The fraction of sp³-hybridized carbons (Fsp3) is 0.267. The van der Waals surface area contributed by atoms with Crippen molar-refractivity contribution >= 4 is 38.9 Å². The van der Waals surface area contributed by atoms with Gasteiger partial charge in [-0.25, -0.2) is 4.98 Å². The van der Waals surface area contributed by atoms with Crippen LogP contribution in [0.3, 0.4) is 0 Å². The molecule has 9 heteroatoms. The second kappa shape index (κ2) is 7.69. The predicted octanol–water partition coefficient (Wildman–Crippen LogP) is 4.24. The van der Waals surface area contributed by atoms with Crippen LogP contribution in [0.15, 0.2) is 51.7 Å². The summed E-state index contributed by atoms with van der Waals surface area (Å²) in [5.74, 6) is 0.272. The maximum absolute atomic E-state index is 11.7. The number of azo groups is 1. The molecule has 0 radical (unpaired) electrons. The van der Waals surface area contributed by atoms with Crippen LogP contribution in [0.2, 0.25) is 5.02 Å². The maximum Gasteiger partial charge on any atom is 0.296 e. The Morgan fingerprint density at radius 2 is 1.88 bits per heavy atom. The summed E-state index contributed by atoms with van der Waals surface area (Å²) in [5.41, 5.74) is 0.710. The molecule has 0 fully saturated rings. The number of nitrogens with zero attached hydrogens (tertiary/aromatic N) is 4. The van der Waals surface area contributed by atoms with Gasteiger partial charge in [0.1, 0.15) is 10.6 Å². The SMILES string of the molecule is CCN(CC)c1ccc(N=Nc2ccc(Cl)cn2)c(S(=O)(=O)O)c1. The maximum atomic E-state index is 11.7. The van der Waals surface area contributed by atoms with Crippen molar-refractivity contribution in [3.63, 3.8) is 0 Å². The Hall–Kier alpha value is -2.03. The third-order valence-electron chi connectivity index (χ3n) is 3.32. The molecule has 0 saturated heterocycles. The molecule has 0 amide bonds. The van der Waals surface area contributed by atoms with E-state index in [0.29, 0.717) is 23.8 Å². The van der Waals surface area contributed by atoms with Gasteiger partial charge in [-0.05, 0) is 44.2 Å². The standard InChI is InChI=1S/C15H17ClN4O3S/c1-3-20(4-2)12-6-7-13(14(9-12)24(21,22)23)18-19-15-8-5-11(16)10-17-15/h5-10H,3-4H2,1-2H3,(H,21,22,23). The smallest absolute Gasteiger partial charge is 0.296 e. The number of hydrogen-bond donors (Lipinski definition) is 1. The van der Waals surface area contributed by atoms with Crippen LogP contribution in [0, 0.1) is 0 Å². The van der Waals surface area contributed by atoms with E-state index >= 15 is 0 Å². The number of anilines is 1. The zero-order valence-electron chi connectivity index (χ0n) is 13.2. The van der Waals surface area contributed by atoms with Gasteiger partial charge < -0.3 is 4.90 Å². The van der Waals surface area contributed by atoms with E-state index in [1.54, 1.807) is 18.2 Å². The molecule has 0 atom stereocenters. The highest BCUT2D eigenvalue weighted by Crippen LogP contribution is 2.30. The lowest BCUT2D eigenvalue weighted by atomic mass is 10.2. The van der Waals surface area contributed by atoms with Crippen LogP contribution < -0.4 is 4.90 Å². The largest absolute Gasteiger partial charge is 0.372 e. The van der Waals surface area contributed by atoms with Gasteiger partial charge in [-0.3, -0.25) is 4.55 Å². The van der Waals surface area contributed by atoms with Crippen molar-refractivity contribution in [2.24, 2.45) is 10.2 Å². The van der Waals surface area contributed by atoms with Gasteiger partial charge in [0.25, 0.3) is 10.1 Å². The molecule has 0 aliphatic heterocycles. The Labute approximate surface area is 145 Å². The fourth-order valence-corrected chi connectivity index (χ4v) is 2.86. The molecular formula is C15H17ClN4O3S. The first kappa shape index (κ1) is 18.3. The molecule has 2 rings (SSSR count). The third-order valence-corrected chi connectivity index (χ3v) is 4.43. The van der Waals surface area contributed by atoms with Crippen LogP contribution in [-0.2, 0) is 10.1 Å². The molecule has 0 saturated carbocycles. The van der Waals surface area contributed by atoms with Crippen LogP contribution in [0.25, 0.3) is 0 Å². The van der Waals surface area contributed by atoms with Crippen molar-refractivity contribution in [3.05, 3.63) is 41.6 Å². The molecule has 0 aliphatic rings. The van der Waals surface area contributed by atoms with E-state index in [1.165, 1.54) is 18.3 Å². The lowest BCUT2D eigenvalue weighted by Gasteiger charge is -2.21. The number of pyridine rings is 1. The van der Waals surface area contributed by atoms with Gasteiger partial charge in [-0.2, -0.15) is 8.42 Å². The summed E-state index contributed by atoms with van der Waals surface area (Å²) >= 11 is 5.74. The zero-order valence-corrected chi connectivity index (χ0v) is 14.8. The number of rotatable bonds is 6. The monoisotopic (exact) mass is 368 g/mol. The summed E-state index contributed by atoms with van der Waals surface area (Å²) < 4.78 is 32.8. The van der Waals surface area contributed by atoms with E-state index in [2.05, 4.69) is 15.2 Å². The van der Waals surface area contributed by atoms with Gasteiger partial charge in [0.15, 0.2) is 5.82 Å². The predicted molar refractivity (Wildman–Crippen MR) is 93.2 cm³/mol. The first-order valence-corrected chi connectivity index (χ1v) is 9.06. The van der Waals surface area contributed by atoms with E-state index in [1.807, 2.05) is 18.7 Å². The van der Waals surface area contributed by atoms with Crippen molar-refractivity contribution in [3.8, 4) is 0 Å². The zero-order chi connectivity index (χ0) is 17.7. The van der Waals surface area contributed by atoms with E-state index in [4.69, 9.17) is 11.6 Å². The van der Waals surface area contributed by atoms with Gasteiger partial charge in [-0.15, -0.1) is 10.2 Å². The molecule has 0 bridgehead atoms. The van der Waals surface area contributed by atoms with E-state index in [9.17, 15) is 13.0 Å². The van der Waals surface area contributed by atoms with Crippen LogP contribution in [0.5, 0.6) is 0 Å². The fourth-order valence-electron chi connectivity index (χ4n) is 2.11. The van der Waals surface area contributed by atoms with Crippen LogP contribution in [0.1, 0.15) is 13.8 Å². The third kappa shape index (κ3) is 4.50. The molecule has 1 N–H and O–H groups in total. The molecular weight excluding hydrogens is 352 g/mol. The van der Waals surface area contributed by atoms with Crippen molar-refractivity contribution in [1.29, 1.82) is 0 Å². The van der Waals surface area contributed by atoms with Crippen LogP contribution in [0.4, 0.5) is 17.2 Å². The number of aromatic nitrogens is 1. The average molecular weight is 369 g/mol. The molecule has 1 aromatic heterocycles. The summed E-state index contributed by atoms with van der Waals surface area (Å²) in [6, 6.07) is 7.74. The molecule has 24 heavy (non-hydrogen) atoms. The number of halogens is 1. The minimum Gasteiger partial charge on any atom is -0.372 e. The summed E-state index contributed by atoms with van der Waals surface area (Å²) in [7, 11) is -4.44. The Balaban J connectivity index is 2.44. The molecule has 128 valence electrons. The van der Waals surface area contributed by atoms with Gasteiger partial charge in [-0.1, -0.05) is 11.6 Å². The summed E-state index contributed by atoms with van der Waals surface area (Å²) in [4.78, 5) is 5.60. The Bertz CT molecular complexity index is 834. The van der Waals surface area contributed by atoms with Gasteiger partial charge in [0.2, 0.25) is 0 Å². The van der Waals surface area contributed by atoms with Crippen molar-refractivity contribution < 1.29 is 13.0 Å². The lowest BCUT2D eigenvalue weighted by molar-refractivity contribution is 0.483. The summed E-state index contributed by atoms with van der Waals surface area (Å²) in [6.07, 6.45) is 1.41. The Kier molecular flexibility index (Phi) is 5.87. The summed E-state index contributed by atoms with van der Waals surface area (Å²) in [5, 5.41) is 8.21. The number of hydrogen-bond acceptors (Lipinski definition) is 6. The normalized spacial score (nSPS) is 11.8. The quantitative estimate of drug-likeness (QED) is 0.607. The highest BCUT2D eigenvalue weighted by Gasteiger charge is 2.18. The van der Waals surface area contributed by atoms with Gasteiger partial charge in [0.05, 0.1) is 5.02 Å². The summed E-state index contributed by atoms with van der Waals surface area (Å²) in [6.45, 7) is 5.32. The van der Waals surface area contributed by atoms with E-state index < -0.39 is 10.1 Å². The molecule has 0 aliphatic carbocycles. The molecule has 1 heterocycles. The Morgan fingerprint density at radius 1 is 1.17 bits per heavy atom. The molecule has 0 unspecified atom stereocenters. The van der Waals surface area contributed by atoms with Crippen LogP contribution >= 0.6 is 11.6 Å². The van der Waals surface area contributed by atoms with Crippen molar-refractivity contribution in [2.45, 2.75) is 18.7 Å². The first-order valence-electron chi connectivity index (χ1n) is 7.25. The van der Waals surface area contributed by atoms with Gasteiger partial charge >= 0.3 is 0 Å². The van der Waals surface area contributed by atoms with Crippen LogP contribution in [-0.4, -0.2) is 31.0 Å². The second-order valence-corrected chi connectivity index (χ2v) is 6.66.